The van der Waals surface area contributed by atoms with Crippen LogP contribution in [0.5, 0.6) is 5.75 Å². The van der Waals surface area contributed by atoms with E-state index in [1.807, 2.05) is 31.2 Å². The van der Waals surface area contributed by atoms with E-state index < -0.39 is 10.0 Å². The van der Waals surface area contributed by atoms with Crippen molar-refractivity contribution in [2.24, 2.45) is 0 Å². The second-order valence-corrected chi connectivity index (χ2v) is 6.87. The van der Waals surface area contributed by atoms with Crippen LogP contribution < -0.4 is 4.74 Å². The van der Waals surface area contributed by atoms with Crippen LogP contribution in [0.15, 0.2) is 24.3 Å². The number of rotatable bonds is 8. The first-order chi connectivity index (χ1) is 8.97. The van der Waals surface area contributed by atoms with E-state index in [9.17, 15) is 8.42 Å². The molecule has 0 radical (unpaired) electrons. The Morgan fingerprint density at radius 2 is 2.00 bits per heavy atom. The van der Waals surface area contributed by atoms with Gasteiger partial charge in [-0.15, -0.1) is 11.6 Å². The lowest BCUT2D eigenvalue weighted by Crippen LogP contribution is -2.33. The summed E-state index contributed by atoms with van der Waals surface area (Å²) in [5.74, 6) is 1.22. The van der Waals surface area contributed by atoms with Crippen LogP contribution in [0.4, 0.5) is 0 Å². The minimum atomic E-state index is -3.22. The Bertz CT molecular complexity index is 490. The van der Waals surface area contributed by atoms with Crippen LogP contribution in [0.3, 0.4) is 0 Å². The van der Waals surface area contributed by atoms with Gasteiger partial charge in [0.1, 0.15) is 12.4 Å². The second-order valence-electron chi connectivity index (χ2n) is 4.29. The third-order valence-corrected chi connectivity index (χ3v) is 4.97. The molecule has 19 heavy (non-hydrogen) atoms. The molecule has 0 heterocycles. The summed E-state index contributed by atoms with van der Waals surface area (Å²) >= 11 is 5.51. The SMILES string of the molecule is Cc1ccccc1OCCN(C)S(=O)(=O)CCCCl. The Hall–Kier alpha value is -0.780. The number of sulfonamides is 1. The molecular weight excluding hydrogens is 286 g/mol. The van der Waals surface area contributed by atoms with Crippen LogP contribution in [0.25, 0.3) is 0 Å². The van der Waals surface area contributed by atoms with Gasteiger partial charge in [0.2, 0.25) is 10.0 Å². The van der Waals surface area contributed by atoms with Crippen molar-refractivity contribution >= 4 is 21.6 Å². The molecule has 0 aliphatic heterocycles. The Morgan fingerprint density at radius 3 is 2.63 bits per heavy atom. The van der Waals surface area contributed by atoms with Crippen LogP contribution in [-0.4, -0.2) is 44.6 Å². The predicted molar refractivity (Wildman–Crippen MR) is 78.4 cm³/mol. The van der Waals surface area contributed by atoms with Crippen LogP contribution in [0.2, 0.25) is 0 Å². The summed E-state index contributed by atoms with van der Waals surface area (Å²) in [7, 11) is -1.66. The zero-order valence-corrected chi connectivity index (χ0v) is 12.9. The first kappa shape index (κ1) is 16.3. The third kappa shape index (κ3) is 5.38. The monoisotopic (exact) mass is 305 g/mol. The molecule has 0 saturated carbocycles. The summed E-state index contributed by atoms with van der Waals surface area (Å²) in [6.45, 7) is 2.62. The summed E-state index contributed by atoms with van der Waals surface area (Å²) in [5.41, 5.74) is 1.04. The van der Waals surface area contributed by atoms with Gasteiger partial charge in [-0.2, -0.15) is 0 Å². The lowest BCUT2D eigenvalue weighted by molar-refractivity contribution is 0.285. The first-order valence-corrected chi connectivity index (χ1v) is 8.30. The number of benzene rings is 1. The summed E-state index contributed by atoms with van der Waals surface area (Å²) in [5, 5.41) is 0. The second kappa shape index (κ2) is 7.72. The van der Waals surface area contributed by atoms with Gasteiger partial charge < -0.3 is 4.74 Å². The molecule has 0 fully saturated rings. The fraction of sp³-hybridized carbons (Fsp3) is 0.538. The predicted octanol–water partition coefficient (Wildman–Crippen LogP) is 2.26. The van der Waals surface area contributed by atoms with Crippen molar-refractivity contribution in [2.45, 2.75) is 13.3 Å². The van der Waals surface area contributed by atoms with Crippen LogP contribution in [0, 0.1) is 6.92 Å². The number of ether oxygens (including phenoxy) is 1. The number of hydrogen-bond acceptors (Lipinski definition) is 3. The first-order valence-electron chi connectivity index (χ1n) is 6.16. The highest BCUT2D eigenvalue weighted by atomic mass is 35.5. The van der Waals surface area contributed by atoms with E-state index in [-0.39, 0.29) is 5.75 Å². The third-order valence-electron chi connectivity index (χ3n) is 2.77. The zero-order valence-electron chi connectivity index (χ0n) is 11.3. The lowest BCUT2D eigenvalue weighted by Gasteiger charge is -2.17. The lowest BCUT2D eigenvalue weighted by atomic mass is 10.2. The van der Waals surface area contributed by atoms with Gasteiger partial charge in [-0.3, -0.25) is 0 Å². The van der Waals surface area contributed by atoms with Gasteiger partial charge in [0.05, 0.1) is 5.75 Å². The molecular formula is C13H20ClNO3S. The van der Waals surface area contributed by atoms with E-state index in [1.165, 1.54) is 4.31 Å². The Balaban J connectivity index is 2.43. The topological polar surface area (TPSA) is 46.6 Å². The molecule has 108 valence electrons. The van der Waals surface area contributed by atoms with Crippen LogP contribution in [-0.2, 0) is 10.0 Å². The highest BCUT2D eigenvalue weighted by Gasteiger charge is 2.16. The van der Waals surface area contributed by atoms with Gasteiger partial charge in [-0.05, 0) is 25.0 Å². The number of hydrogen-bond donors (Lipinski definition) is 0. The van der Waals surface area contributed by atoms with E-state index in [1.54, 1.807) is 7.05 Å². The van der Waals surface area contributed by atoms with E-state index >= 15 is 0 Å². The number of likely N-dealkylation sites (N-methyl/N-ethyl adjacent to an activating group) is 1. The highest BCUT2D eigenvalue weighted by Crippen LogP contribution is 2.16. The van der Waals surface area contributed by atoms with E-state index in [0.29, 0.717) is 25.5 Å². The van der Waals surface area contributed by atoms with Crippen molar-refractivity contribution in [2.75, 3.05) is 31.8 Å². The van der Waals surface area contributed by atoms with Crippen molar-refractivity contribution < 1.29 is 13.2 Å². The Labute approximate surface area is 120 Å². The molecule has 1 aromatic carbocycles. The quantitative estimate of drug-likeness (QED) is 0.692. The molecule has 1 rings (SSSR count). The molecule has 0 unspecified atom stereocenters. The smallest absolute Gasteiger partial charge is 0.214 e. The molecule has 1 aromatic rings. The van der Waals surface area contributed by atoms with Gasteiger partial charge in [-0.25, -0.2) is 12.7 Å². The van der Waals surface area contributed by atoms with Crippen molar-refractivity contribution in [3.05, 3.63) is 29.8 Å². The van der Waals surface area contributed by atoms with Crippen LogP contribution >= 0.6 is 11.6 Å². The molecule has 0 N–H and O–H groups in total. The van der Waals surface area contributed by atoms with E-state index in [0.717, 1.165) is 11.3 Å². The fourth-order valence-electron chi connectivity index (χ4n) is 1.53. The molecule has 0 amide bonds. The van der Waals surface area contributed by atoms with Gasteiger partial charge in [-0.1, -0.05) is 18.2 Å². The van der Waals surface area contributed by atoms with Crippen LogP contribution in [0.1, 0.15) is 12.0 Å². The number of para-hydroxylation sites is 1. The maximum absolute atomic E-state index is 11.8. The summed E-state index contributed by atoms with van der Waals surface area (Å²) in [6, 6.07) is 7.65. The van der Waals surface area contributed by atoms with Crippen molar-refractivity contribution in [3.8, 4) is 5.75 Å². The van der Waals surface area contributed by atoms with Crippen molar-refractivity contribution in [1.82, 2.24) is 4.31 Å². The van der Waals surface area contributed by atoms with Crippen molar-refractivity contribution in [3.63, 3.8) is 0 Å². The van der Waals surface area contributed by atoms with Gasteiger partial charge in [0.15, 0.2) is 0 Å². The molecule has 0 aliphatic rings. The number of nitrogens with zero attached hydrogens (tertiary/aromatic N) is 1. The summed E-state index contributed by atoms with van der Waals surface area (Å²) < 4.78 is 30.5. The Morgan fingerprint density at radius 1 is 1.32 bits per heavy atom. The number of halogens is 1. The standard InChI is InChI=1S/C13H20ClNO3S/c1-12-6-3-4-7-13(12)18-10-9-15(2)19(16,17)11-5-8-14/h3-4,6-7H,5,8-11H2,1-2H3. The maximum Gasteiger partial charge on any atom is 0.214 e. The Kier molecular flexibility index (Phi) is 6.62. The van der Waals surface area contributed by atoms with Gasteiger partial charge in [0.25, 0.3) is 0 Å². The molecule has 0 spiro atoms. The van der Waals surface area contributed by atoms with Crippen molar-refractivity contribution in [1.29, 1.82) is 0 Å². The van der Waals surface area contributed by atoms with E-state index in [2.05, 4.69) is 0 Å². The largest absolute Gasteiger partial charge is 0.492 e. The molecule has 0 bridgehead atoms. The molecule has 0 atom stereocenters. The molecule has 0 saturated heterocycles. The van der Waals surface area contributed by atoms with E-state index in [4.69, 9.17) is 16.3 Å². The number of alkyl halides is 1. The fourth-order valence-corrected chi connectivity index (χ4v) is 3.00. The normalized spacial score (nSPS) is 11.8. The molecule has 0 aliphatic carbocycles. The van der Waals surface area contributed by atoms with Gasteiger partial charge in [0, 0.05) is 19.5 Å². The average molecular weight is 306 g/mol. The summed E-state index contributed by atoms with van der Waals surface area (Å²) in [6.07, 6.45) is 0.465. The summed E-state index contributed by atoms with van der Waals surface area (Å²) in [4.78, 5) is 0. The minimum absolute atomic E-state index is 0.0807. The maximum atomic E-state index is 11.8. The average Bonchev–Trinajstić information content (AvgIpc) is 2.38. The molecule has 6 heteroatoms. The highest BCUT2D eigenvalue weighted by molar-refractivity contribution is 7.89. The number of aryl methyl sites for hydroxylation is 1. The van der Waals surface area contributed by atoms with Gasteiger partial charge >= 0.3 is 0 Å². The molecule has 4 nitrogen and oxygen atoms in total. The molecule has 0 aromatic heterocycles. The minimum Gasteiger partial charge on any atom is -0.492 e. The zero-order chi connectivity index (χ0) is 14.3.